The number of nitrogens with zero attached hydrogens (tertiary/aromatic N) is 4. The van der Waals surface area contributed by atoms with Crippen molar-refractivity contribution in [3.05, 3.63) is 69.6 Å². The molecule has 8 heteroatoms. The largest absolute Gasteiger partial charge is 0.494 e. The first kappa shape index (κ1) is 23.9. The van der Waals surface area contributed by atoms with Crippen molar-refractivity contribution in [1.29, 1.82) is 0 Å². The van der Waals surface area contributed by atoms with Gasteiger partial charge in [-0.1, -0.05) is 38.6 Å². The lowest BCUT2D eigenvalue weighted by Gasteiger charge is -2.33. The zero-order valence-corrected chi connectivity index (χ0v) is 19.6. The van der Waals surface area contributed by atoms with Gasteiger partial charge in [-0.25, -0.2) is 0 Å². The summed E-state index contributed by atoms with van der Waals surface area (Å²) in [5.41, 5.74) is 1.45. The van der Waals surface area contributed by atoms with Gasteiger partial charge < -0.3 is 19.1 Å². The highest BCUT2D eigenvalue weighted by Crippen LogP contribution is 2.40. The molecule has 5 rings (SSSR count). The van der Waals surface area contributed by atoms with Crippen LogP contribution in [0.3, 0.4) is 0 Å². The molecule has 4 aromatic rings. The predicted molar refractivity (Wildman–Crippen MR) is 138 cm³/mol. The maximum atomic E-state index is 13.8. The SMILES string of the molecule is C.CCN1CCN(C(=O)c2sc3c(c2OC)c(=O)n(Cc2ccccn2)c2ccccc32)CC1. The van der Waals surface area contributed by atoms with Gasteiger partial charge in [0.05, 0.1) is 29.6 Å². The van der Waals surface area contributed by atoms with E-state index in [4.69, 9.17) is 4.74 Å². The number of benzene rings is 1. The number of carbonyl (C=O) groups excluding carboxylic acids is 1. The summed E-state index contributed by atoms with van der Waals surface area (Å²) < 4.78 is 8.23. The maximum Gasteiger partial charge on any atom is 0.267 e. The van der Waals surface area contributed by atoms with Gasteiger partial charge >= 0.3 is 0 Å². The Morgan fingerprint density at radius 2 is 1.82 bits per heavy atom. The molecule has 0 atom stereocenters. The topological polar surface area (TPSA) is 67.7 Å². The van der Waals surface area contributed by atoms with E-state index in [0.717, 1.165) is 40.9 Å². The number of para-hydroxylation sites is 1. The molecule has 1 saturated heterocycles. The lowest BCUT2D eigenvalue weighted by Crippen LogP contribution is -2.48. The summed E-state index contributed by atoms with van der Waals surface area (Å²) in [7, 11) is 1.53. The number of thiophene rings is 1. The van der Waals surface area contributed by atoms with Gasteiger partial charge in [0.15, 0.2) is 5.75 Å². The number of fused-ring (bicyclic) bond motifs is 3. The van der Waals surface area contributed by atoms with Crippen molar-refractivity contribution in [3.63, 3.8) is 0 Å². The minimum absolute atomic E-state index is 0. The van der Waals surface area contributed by atoms with E-state index in [0.29, 0.717) is 35.6 Å². The highest BCUT2D eigenvalue weighted by Gasteiger charge is 2.29. The van der Waals surface area contributed by atoms with E-state index in [1.54, 1.807) is 10.8 Å². The van der Waals surface area contributed by atoms with E-state index >= 15 is 0 Å². The van der Waals surface area contributed by atoms with Crippen molar-refractivity contribution in [1.82, 2.24) is 19.4 Å². The molecule has 0 spiro atoms. The molecule has 3 aromatic heterocycles. The summed E-state index contributed by atoms with van der Waals surface area (Å²) in [5.74, 6) is 0.312. The fourth-order valence-corrected chi connectivity index (χ4v) is 5.77. The predicted octanol–water partition coefficient (Wildman–Crippen LogP) is 4.08. The maximum absolute atomic E-state index is 13.8. The van der Waals surface area contributed by atoms with Gasteiger partial charge in [0.25, 0.3) is 11.5 Å². The molecule has 0 N–H and O–H groups in total. The van der Waals surface area contributed by atoms with E-state index in [1.165, 1.54) is 18.4 Å². The number of carbonyl (C=O) groups is 1. The number of piperazine rings is 1. The fraction of sp³-hybridized carbons (Fsp3) is 0.346. The summed E-state index contributed by atoms with van der Waals surface area (Å²) in [4.78, 5) is 36.3. The number of pyridine rings is 2. The minimum Gasteiger partial charge on any atom is -0.494 e. The monoisotopic (exact) mass is 478 g/mol. The summed E-state index contributed by atoms with van der Waals surface area (Å²) in [6.45, 7) is 6.52. The number of hydrogen-bond acceptors (Lipinski definition) is 6. The van der Waals surface area contributed by atoms with Crippen LogP contribution in [0.1, 0.15) is 29.7 Å². The van der Waals surface area contributed by atoms with Gasteiger partial charge in [-0.3, -0.25) is 14.6 Å². The zero-order chi connectivity index (χ0) is 22.9. The normalized spacial score (nSPS) is 14.4. The lowest BCUT2D eigenvalue weighted by atomic mass is 10.1. The van der Waals surface area contributed by atoms with Crippen molar-refractivity contribution >= 4 is 38.2 Å². The number of hydrogen-bond donors (Lipinski definition) is 0. The number of ether oxygens (including phenoxy) is 1. The Balaban J connectivity index is 0.00000274. The highest BCUT2D eigenvalue weighted by atomic mass is 32.1. The summed E-state index contributed by atoms with van der Waals surface area (Å²) in [6.07, 6.45) is 1.72. The van der Waals surface area contributed by atoms with E-state index in [2.05, 4.69) is 16.8 Å². The van der Waals surface area contributed by atoms with E-state index < -0.39 is 0 Å². The Morgan fingerprint density at radius 1 is 1.09 bits per heavy atom. The van der Waals surface area contributed by atoms with Gasteiger partial charge in [-0.05, 0) is 24.7 Å². The molecule has 34 heavy (non-hydrogen) atoms. The Bertz CT molecular complexity index is 1370. The Morgan fingerprint density at radius 3 is 2.50 bits per heavy atom. The average Bonchev–Trinajstić information content (AvgIpc) is 3.27. The third-order valence-electron chi connectivity index (χ3n) is 6.31. The summed E-state index contributed by atoms with van der Waals surface area (Å²) in [6, 6.07) is 13.5. The first-order chi connectivity index (χ1) is 16.1. The second-order valence-corrected chi connectivity index (χ2v) is 9.15. The van der Waals surface area contributed by atoms with Gasteiger partial charge in [0.2, 0.25) is 0 Å². The molecule has 0 bridgehead atoms. The van der Waals surface area contributed by atoms with Crippen LogP contribution in [0.5, 0.6) is 5.75 Å². The molecule has 1 aromatic carbocycles. The van der Waals surface area contributed by atoms with Crippen LogP contribution in [0.25, 0.3) is 21.0 Å². The smallest absolute Gasteiger partial charge is 0.267 e. The van der Waals surface area contributed by atoms with Gasteiger partial charge in [0, 0.05) is 37.8 Å². The third-order valence-corrected chi connectivity index (χ3v) is 7.51. The van der Waals surface area contributed by atoms with Crippen molar-refractivity contribution in [2.24, 2.45) is 0 Å². The molecule has 0 aliphatic carbocycles. The molecule has 4 heterocycles. The third kappa shape index (κ3) is 4.08. The standard InChI is InChI=1S/C25H26N4O3S.CH4/c1-3-27-12-14-28(15-13-27)25(31)23-21(32-2)20-22(33-23)18-9-4-5-10-19(18)29(24(20)30)16-17-8-6-7-11-26-17;/h4-11H,3,12-16H2,1-2H3;1H4. The van der Waals surface area contributed by atoms with E-state index in [-0.39, 0.29) is 18.9 Å². The summed E-state index contributed by atoms with van der Waals surface area (Å²) >= 11 is 1.36. The molecule has 0 unspecified atom stereocenters. The van der Waals surface area contributed by atoms with Gasteiger partial charge in [-0.15, -0.1) is 11.3 Å². The molecule has 1 fully saturated rings. The summed E-state index contributed by atoms with van der Waals surface area (Å²) in [5, 5.41) is 1.40. The van der Waals surface area contributed by atoms with Crippen molar-refractivity contribution < 1.29 is 9.53 Å². The van der Waals surface area contributed by atoms with Crippen LogP contribution < -0.4 is 10.3 Å². The van der Waals surface area contributed by atoms with E-state index in [1.807, 2.05) is 47.4 Å². The second kappa shape index (κ2) is 9.95. The van der Waals surface area contributed by atoms with Crippen LogP contribution >= 0.6 is 11.3 Å². The second-order valence-electron chi connectivity index (χ2n) is 8.12. The van der Waals surface area contributed by atoms with E-state index in [9.17, 15) is 9.59 Å². The molecule has 1 aliphatic heterocycles. The first-order valence-electron chi connectivity index (χ1n) is 11.2. The van der Waals surface area contributed by atoms with Crippen LogP contribution in [-0.4, -0.2) is 65.1 Å². The average molecular weight is 479 g/mol. The number of rotatable bonds is 5. The van der Waals surface area contributed by atoms with Crippen molar-refractivity contribution in [2.45, 2.75) is 20.9 Å². The molecule has 1 amide bonds. The Hall–Kier alpha value is -3.23. The first-order valence-corrected chi connectivity index (χ1v) is 12.0. The van der Waals surface area contributed by atoms with Crippen molar-refractivity contribution in [2.75, 3.05) is 39.8 Å². The number of amides is 1. The Kier molecular flexibility index (Phi) is 7.00. The molecule has 1 aliphatic rings. The molecule has 178 valence electrons. The van der Waals surface area contributed by atoms with Crippen LogP contribution in [-0.2, 0) is 6.54 Å². The number of methoxy groups -OCH3 is 1. The molecular weight excluding hydrogens is 448 g/mol. The Labute approximate surface area is 203 Å². The highest BCUT2D eigenvalue weighted by molar-refractivity contribution is 7.22. The molecular formula is C26H30N4O3S. The van der Waals surface area contributed by atoms with Crippen LogP contribution in [0.15, 0.2) is 53.5 Å². The minimum atomic E-state index is -0.169. The molecule has 0 radical (unpaired) electrons. The quantitative estimate of drug-likeness (QED) is 0.432. The van der Waals surface area contributed by atoms with Crippen LogP contribution in [0, 0.1) is 0 Å². The van der Waals surface area contributed by atoms with Gasteiger partial charge in [0.1, 0.15) is 10.3 Å². The zero-order valence-electron chi connectivity index (χ0n) is 18.8. The number of likely N-dealkylation sites (N-methyl/N-ethyl adjacent to an activating group) is 1. The van der Waals surface area contributed by atoms with Crippen molar-refractivity contribution in [3.8, 4) is 5.75 Å². The molecule has 7 nitrogen and oxygen atoms in total. The lowest BCUT2D eigenvalue weighted by molar-refractivity contribution is 0.0645. The fourth-order valence-electron chi connectivity index (χ4n) is 4.50. The van der Waals surface area contributed by atoms with Crippen LogP contribution in [0.2, 0.25) is 0 Å². The van der Waals surface area contributed by atoms with Crippen LogP contribution in [0.4, 0.5) is 0 Å². The molecule has 0 saturated carbocycles. The van der Waals surface area contributed by atoms with Gasteiger partial charge in [-0.2, -0.15) is 0 Å². The number of aromatic nitrogens is 2.